The number of nitrogens with two attached hydrogens (primary N) is 1. The topological polar surface area (TPSA) is 79.4 Å². The van der Waals surface area contributed by atoms with Crippen molar-refractivity contribution in [2.75, 3.05) is 18.9 Å². The number of aromatic nitrogens is 2. The first-order valence-electron chi connectivity index (χ1n) is 5.66. The van der Waals surface area contributed by atoms with Crippen molar-refractivity contribution in [3.05, 3.63) is 11.9 Å². The van der Waals surface area contributed by atoms with Crippen molar-refractivity contribution < 1.29 is 14.3 Å². The Morgan fingerprint density at radius 2 is 2.24 bits per heavy atom. The molecule has 1 aromatic heterocycles. The molecule has 0 aliphatic rings. The summed E-state index contributed by atoms with van der Waals surface area (Å²) >= 11 is 0. The molecule has 0 amide bonds. The lowest BCUT2D eigenvalue weighted by Crippen LogP contribution is -2.15. The van der Waals surface area contributed by atoms with Crippen LogP contribution in [0.2, 0.25) is 0 Å². The van der Waals surface area contributed by atoms with Crippen LogP contribution in [-0.2, 0) is 16.0 Å². The first-order chi connectivity index (χ1) is 8.04. The van der Waals surface area contributed by atoms with Crippen molar-refractivity contribution >= 4 is 11.7 Å². The molecule has 0 aromatic carbocycles. The maximum atomic E-state index is 11.6. The predicted octanol–water partition coefficient (Wildman–Crippen LogP) is 1.07. The average molecular weight is 241 g/mol. The maximum Gasteiger partial charge on any atom is 0.361 e. The van der Waals surface area contributed by atoms with Gasteiger partial charge < -0.3 is 15.2 Å². The standard InChI is InChI=1S/C11H19N3O3/c1-4-14-7-9(12)10(13-14)11(15)17-6-5-16-8(2)3/h7-8H,4-6,12H2,1-3H3. The van der Waals surface area contributed by atoms with E-state index in [4.69, 9.17) is 15.2 Å². The van der Waals surface area contributed by atoms with Crippen LogP contribution in [0.4, 0.5) is 5.69 Å². The molecule has 0 unspecified atom stereocenters. The number of esters is 1. The number of nitrogens with zero attached hydrogens (tertiary/aromatic N) is 2. The minimum atomic E-state index is -0.512. The largest absolute Gasteiger partial charge is 0.458 e. The minimum absolute atomic E-state index is 0.123. The Bertz CT molecular complexity index is 374. The molecule has 0 fully saturated rings. The summed E-state index contributed by atoms with van der Waals surface area (Å²) in [6.07, 6.45) is 1.74. The zero-order valence-corrected chi connectivity index (χ0v) is 10.5. The van der Waals surface area contributed by atoms with Gasteiger partial charge in [-0.2, -0.15) is 5.10 Å². The number of rotatable bonds is 6. The molecule has 1 aromatic rings. The fourth-order valence-corrected chi connectivity index (χ4v) is 1.24. The molecule has 0 saturated heterocycles. The molecule has 6 heteroatoms. The highest BCUT2D eigenvalue weighted by molar-refractivity contribution is 5.92. The Hall–Kier alpha value is -1.56. The van der Waals surface area contributed by atoms with Crippen LogP contribution in [0.25, 0.3) is 0 Å². The summed E-state index contributed by atoms with van der Waals surface area (Å²) in [7, 11) is 0. The van der Waals surface area contributed by atoms with E-state index in [9.17, 15) is 4.79 Å². The summed E-state index contributed by atoms with van der Waals surface area (Å²) < 4.78 is 11.8. The molecule has 1 rings (SSSR count). The van der Waals surface area contributed by atoms with Gasteiger partial charge in [0.05, 0.1) is 18.4 Å². The van der Waals surface area contributed by atoms with Crippen LogP contribution in [0, 0.1) is 0 Å². The Kier molecular flexibility index (Phi) is 4.96. The number of anilines is 1. The first-order valence-corrected chi connectivity index (χ1v) is 5.66. The predicted molar refractivity (Wildman–Crippen MR) is 63.7 cm³/mol. The number of hydrogen-bond acceptors (Lipinski definition) is 5. The lowest BCUT2D eigenvalue weighted by atomic mass is 10.4. The van der Waals surface area contributed by atoms with E-state index in [-0.39, 0.29) is 18.4 Å². The van der Waals surface area contributed by atoms with Gasteiger partial charge in [0.25, 0.3) is 0 Å². The molecular formula is C11H19N3O3. The van der Waals surface area contributed by atoms with Crippen LogP contribution < -0.4 is 5.73 Å². The maximum absolute atomic E-state index is 11.6. The van der Waals surface area contributed by atoms with Gasteiger partial charge in [0.2, 0.25) is 0 Å². The number of ether oxygens (including phenoxy) is 2. The van der Waals surface area contributed by atoms with Crippen molar-refractivity contribution in [2.24, 2.45) is 0 Å². The third-order valence-corrected chi connectivity index (χ3v) is 2.08. The molecule has 0 bridgehead atoms. The second-order valence-electron chi connectivity index (χ2n) is 3.84. The Labute approximate surface area is 101 Å². The highest BCUT2D eigenvalue weighted by atomic mass is 16.6. The molecule has 0 atom stereocenters. The van der Waals surface area contributed by atoms with Crippen LogP contribution in [0.3, 0.4) is 0 Å². The summed E-state index contributed by atoms with van der Waals surface area (Å²) in [5, 5.41) is 4.02. The number of carbonyl (C=O) groups excluding carboxylic acids is 1. The van der Waals surface area contributed by atoms with Gasteiger partial charge >= 0.3 is 5.97 Å². The van der Waals surface area contributed by atoms with Gasteiger partial charge in [-0.05, 0) is 20.8 Å². The highest BCUT2D eigenvalue weighted by Gasteiger charge is 2.15. The highest BCUT2D eigenvalue weighted by Crippen LogP contribution is 2.10. The number of aryl methyl sites for hydroxylation is 1. The first kappa shape index (κ1) is 13.5. The molecule has 0 spiro atoms. The number of carbonyl (C=O) groups is 1. The molecule has 1 heterocycles. The van der Waals surface area contributed by atoms with Gasteiger partial charge in [0.1, 0.15) is 6.61 Å². The summed E-state index contributed by atoms with van der Waals surface area (Å²) in [5.74, 6) is -0.512. The minimum Gasteiger partial charge on any atom is -0.458 e. The average Bonchev–Trinajstić information content (AvgIpc) is 2.65. The smallest absolute Gasteiger partial charge is 0.361 e. The Balaban J connectivity index is 2.44. The van der Waals surface area contributed by atoms with Crippen LogP contribution in [-0.4, -0.2) is 35.1 Å². The van der Waals surface area contributed by atoms with Gasteiger partial charge in [0.15, 0.2) is 5.69 Å². The van der Waals surface area contributed by atoms with Crippen molar-refractivity contribution in [3.63, 3.8) is 0 Å². The third kappa shape index (κ3) is 4.07. The second kappa shape index (κ2) is 6.24. The summed E-state index contributed by atoms with van der Waals surface area (Å²) in [6.45, 7) is 6.99. The van der Waals surface area contributed by atoms with Crippen LogP contribution in [0.15, 0.2) is 6.20 Å². The number of hydrogen-bond donors (Lipinski definition) is 1. The van der Waals surface area contributed by atoms with Crippen molar-refractivity contribution in [1.29, 1.82) is 0 Å². The zero-order valence-electron chi connectivity index (χ0n) is 10.5. The zero-order chi connectivity index (χ0) is 12.8. The van der Waals surface area contributed by atoms with Crippen molar-refractivity contribution in [3.8, 4) is 0 Å². The van der Waals surface area contributed by atoms with Gasteiger partial charge in [-0.3, -0.25) is 4.68 Å². The van der Waals surface area contributed by atoms with Gasteiger partial charge in [-0.15, -0.1) is 0 Å². The molecule has 2 N–H and O–H groups in total. The van der Waals surface area contributed by atoms with Crippen molar-refractivity contribution in [2.45, 2.75) is 33.4 Å². The number of nitrogen functional groups attached to an aromatic ring is 1. The lowest BCUT2D eigenvalue weighted by Gasteiger charge is -2.07. The SMILES string of the molecule is CCn1cc(N)c(C(=O)OCCOC(C)C)n1. The molecule has 96 valence electrons. The van der Waals surface area contributed by atoms with E-state index in [1.54, 1.807) is 10.9 Å². The van der Waals surface area contributed by atoms with E-state index in [0.717, 1.165) is 0 Å². The second-order valence-corrected chi connectivity index (χ2v) is 3.84. The van der Waals surface area contributed by atoms with E-state index < -0.39 is 5.97 Å². The molecule has 0 saturated carbocycles. The lowest BCUT2D eigenvalue weighted by molar-refractivity contribution is 0.0173. The third-order valence-electron chi connectivity index (χ3n) is 2.08. The Morgan fingerprint density at radius 1 is 1.53 bits per heavy atom. The van der Waals surface area contributed by atoms with E-state index in [1.165, 1.54) is 0 Å². The van der Waals surface area contributed by atoms with Gasteiger partial charge in [-0.1, -0.05) is 0 Å². The van der Waals surface area contributed by atoms with Crippen LogP contribution in [0.1, 0.15) is 31.3 Å². The molecule has 0 radical (unpaired) electrons. The van der Waals surface area contributed by atoms with Crippen LogP contribution in [0.5, 0.6) is 0 Å². The van der Waals surface area contributed by atoms with E-state index in [2.05, 4.69) is 5.10 Å². The Morgan fingerprint density at radius 3 is 2.76 bits per heavy atom. The molecule has 0 aliphatic carbocycles. The fourth-order valence-electron chi connectivity index (χ4n) is 1.24. The normalized spacial score (nSPS) is 10.8. The van der Waals surface area contributed by atoms with Crippen LogP contribution >= 0.6 is 0 Å². The van der Waals surface area contributed by atoms with Crippen molar-refractivity contribution in [1.82, 2.24) is 9.78 Å². The fraction of sp³-hybridized carbons (Fsp3) is 0.636. The monoisotopic (exact) mass is 241 g/mol. The summed E-state index contributed by atoms with van der Waals surface area (Å²) in [4.78, 5) is 11.6. The van der Waals surface area contributed by atoms with E-state index in [1.807, 2.05) is 20.8 Å². The van der Waals surface area contributed by atoms with E-state index in [0.29, 0.717) is 18.8 Å². The molecule has 0 aliphatic heterocycles. The van der Waals surface area contributed by atoms with Gasteiger partial charge in [0, 0.05) is 12.7 Å². The van der Waals surface area contributed by atoms with Gasteiger partial charge in [-0.25, -0.2) is 4.79 Å². The molecule has 6 nitrogen and oxygen atoms in total. The van der Waals surface area contributed by atoms with E-state index >= 15 is 0 Å². The quantitative estimate of drug-likeness (QED) is 0.595. The molecule has 17 heavy (non-hydrogen) atoms. The molecular weight excluding hydrogens is 222 g/mol. The summed E-state index contributed by atoms with van der Waals surface area (Å²) in [6, 6.07) is 0. The summed E-state index contributed by atoms with van der Waals surface area (Å²) in [5.41, 5.74) is 6.15.